The van der Waals surface area contributed by atoms with Gasteiger partial charge in [-0.3, -0.25) is 24.5 Å². The van der Waals surface area contributed by atoms with Gasteiger partial charge in [0.15, 0.2) is 22.5 Å². The SMILES string of the molecule is Cc1cc(NC(=O)CSC2=Nc3ccccc3C3=N[C@H](CC(=O)NCc4ccc5c(c4)OCO5)C(=O)N23)n[nH]1. The summed E-state index contributed by atoms with van der Waals surface area (Å²) in [6.45, 7) is 2.28. The first-order valence-electron chi connectivity index (χ1n) is 12.1. The van der Waals surface area contributed by atoms with E-state index in [1.807, 2.05) is 43.3 Å². The Morgan fingerprint density at radius 2 is 1.97 bits per heavy atom. The average Bonchev–Trinajstić information content (AvgIpc) is 3.65. The molecule has 3 aliphatic heterocycles. The van der Waals surface area contributed by atoms with Crippen molar-refractivity contribution in [3.05, 3.63) is 65.4 Å². The fourth-order valence-corrected chi connectivity index (χ4v) is 5.12. The van der Waals surface area contributed by atoms with E-state index in [1.165, 1.54) is 4.90 Å². The number of hydrogen-bond acceptors (Lipinski definition) is 9. The van der Waals surface area contributed by atoms with Gasteiger partial charge in [0.05, 0.1) is 17.9 Å². The molecule has 1 aromatic heterocycles. The molecule has 0 aliphatic carbocycles. The van der Waals surface area contributed by atoms with Crippen molar-refractivity contribution in [3.8, 4) is 11.5 Å². The van der Waals surface area contributed by atoms with Gasteiger partial charge < -0.3 is 20.1 Å². The molecule has 4 heterocycles. The van der Waals surface area contributed by atoms with E-state index >= 15 is 0 Å². The monoisotopic (exact) mass is 545 g/mol. The number of thioether (sulfide) groups is 1. The number of aryl methyl sites for hydroxylation is 1. The predicted molar refractivity (Wildman–Crippen MR) is 144 cm³/mol. The second-order valence-corrected chi connectivity index (χ2v) is 9.94. The first-order chi connectivity index (χ1) is 18.9. The van der Waals surface area contributed by atoms with Crippen LogP contribution in [-0.4, -0.2) is 62.4 Å². The Morgan fingerprint density at radius 3 is 2.82 bits per heavy atom. The molecule has 3 aromatic rings. The number of ether oxygens (including phenoxy) is 2. The molecule has 3 N–H and O–H groups in total. The number of amides is 3. The minimum Gasteiger partial charge on any atom is -0.454 e. The summed E-state index contributed by atoms with van der Waals surface area (Å²) < 4.78 is 10.7. The van der Waals surface area contributed by atoms with Crippen LogP contribution in [0.1, 0.15) is 23.2 Å². The van der Waals surface area contributed by atoms with E-state index in [-0.39, 0.29) is 43.2 Å². The summed E-state index contributed by atoms with van der Waals surface area (Å²) in [6.07, 6.45) is -0.123. The normalized spacial score (nSPS) is 16.8. The zero-order valence-electron chi connectivity index (χ0n) is 20.8. The summed E-state index contributed by atoms with van der Waals surface area (Å²) in [6, 6.07) is 13.6. The van der Waals surface area contributed by atoms with E-state index in [0.29, 0.717) is 39.6 Å². The number of rotatable bonds is 7. The predicted octanol–water partition coefficient (Wildman–Crippen LogP) is 2.48. The number of anilines is 1. The smallest absolute Gasteiger partial charge is 0.259 e. The van der Waals surface area contributed by atoms with Crippen molar-refractivity contribution in [1.29, 1.82) is 0 Å². The van der Waals surface area contributed by atoms with Gasteiger partial charge in [-0.2, -0.15) is 5.10 Å². The number of aromatic amines is 1. The van der Waals surface area contributed by atoms with Crippen molar-refractivity contribution in [3.63, 3.8) is 0 Å². The maximum atomic E-state index is 13.4. The zero-order valence-corrected chi connectivity index (χ0v) is 21.6. The Bertz CT molecular complexity index is 1550. The zero-order chi connectivity index (χ0) is 26.9. The minimum absolute atomic E-state index is 0.00462. The summed E-state index contributed by atoms with van der Waals surface area (Å²) in [7, 11) is 0. The van der Waals surface area contributed by atoms with E-state index in [0.717, 1.165) is 23.0 Å². The molecule has 13 heteroatoms. The largest absolute Gasteiger partial charge is 0.454 e. The van der Waals surface area contributed by atoms with Crippen LogP contribution in [0.2, 0.25) is 0 Å². The number of aliphatic imine (C=N–C) groups is 2. The van der Waals surface area contributed by atoms with Gasteiger partial charge in [0, 0.05) is 23.9 Å². The maximum Gasteiger partial charge on any atom is 0.259 e. The molecule has 12 nitrogen and oxygen atoms in total. The molecule has 0 bridgehead atoms. The lowest BCUT2D eigenvalue weighted by Gasteiger charge is -2.25. The van der Waals surface area contributed by atoms with Crippen molar-refractivity contribution >= 4 is 52.0 Å². The molecule has 6 rings (SSSR count). The van der Waals surface area contributed by atoms with Crippen molar-refractivity contribution in [2.45, 2.75) is 25.9 Å². The molecular weight excluding hydrogens is 522 g/mol. The number of nitrogens with one attached hydrogen (secondary N) is 3. The molecule has 0 unspecified atom stereocenters. The van der Waals surface area contributed by atoms with Crippen LogP contribution >= 0.6 is 11.8 Å². The third-order valence-corrected chi connectivity index (χ3v) is 7.10. The molecule has 0 fully saturated rings. The van der Waals surface area contributed by atoms with E-state index in [2.05, 4.69) is 30.8 Å². The van der Waals surface area contributed by atoms with E-state index in [9.17, 15) is 14.4 Å². The number of hydrogen-bond donors (Lipinski definition) is 3. The molecule has 3 aliphatic rings. The number of aromatic nitrogens is 2. The van der Waals surface area contributed by atoms with Crippen LogP contribution < -0.4 is 20.1 Å². The molecule has 2 aromatic carbocycles. The Morgan fingerprint density at radius 1 is 1.13 bits per heavy atom. The van der Waals surface area contributed by atoms with Crippen LogP contribution in [0.3, 0.4) is 0 Å². The highest BCUT2D eigenvalue weighted by atomic mass is 32.2. The van der Waals surface area contributed by atoms with Crippen LogP contribution in [0, 0.1) is 6.92 Å². The second kappa shape index (κ2) is 10.3. The molecule has 39 heavy (non-hydrogen) atoms. The summed E-state index contributed by atoms with van der Waals surface area (Å²) in [5.74, 6) is 1.16. The van der Waals surface area contributed by atoms with Gasteiger partial charge in [0.25, 0.3) is 5.91 Å². The Hall–Kier alpha value is -4.65. The molecule has 3 amide bonds. The number of nitrogens with zero attached hydrogens (tertiary/aromatic N) is 4. The lowest BCUT2D eigenvalue weighted by atomic mass is 10.1. The van der Waals surface area contributed by atoms with Crippen LogP contribution in [0.4, 0.5) is 11.5 Å². The van der Waals surface area contributed by atoms with E-state index in [1.54, 1.807) is 12.1 Å². The molecular formula is C26H23N7O5S. The van der Waals surface area contributed by atoms with Crippen LogP contribution in [0.25, 0.3) is 0 Å². The third kappa shape index (κ3) is 5.08. The van der Waals surface area contributed by atoms with Crippen LogP contribution in [-0.2, 0) is 20.9 Å². The van der Waals surface area contributed by atoms with Gasteiger partial charge in [-0.15, -0.1) is 0 Å². The highest BCUT2D eigenvalue weighted by molar-refractivity contribution is 8.14. The third-order valence-electron chi connectivity index (χ3n) is 6.16. The molecule has 1 atom stereocenters. The lowest BCUT2D eigenvalue weighted by molar-refractivity contribution is -0.128. The summed E-state index contributed by atoms with van der Waals surface area (Å²) in [5, 5.41) is 12.7. The maximum absolute atomic E-state index is 13.4. The Labute approximate surface area is 226 Å². The molecule has 0 spiro atoms. The molecule has 198 valence electrons. The van der Waals surface area contributed by atoms with Crippen molar-refractivity contribution in [1.82, 2.24) is 20.4 Å². The number of benzene rings is 2. The summed E-state index contributed by atoms with van der Waals surface area (Å²) in [5.41, 5.74) is 2.99. The van der Waals surface area contributed by atoms with Gasteiger partial charge in [-0.25, -0.2) is 9.89 Å². The average molecular weight is 546 g/mol. The summed E-state index contributed by atoms with van der Waals surface area (Å²) in [4.78, 5) is 49.3. The first kappa shape index (κ1) is 24.7. The Kier molecular flexibility index (Phi) is 6.49. The highest BCUT2D eigenvalue weighted by Crippen LogP contribution is 2.34. The van der Waals surface area contributed by atoms with Crippen LogP contribution in [0.15, 0.2) is 58.5 Å². The van der Waals surface area contributed by atoms with E-state index < -0.39 is 6.04 Å². The minimum atomic E-state index is -0.908. The van der Waals surface area contributed by atoms with Gasteiger partial charge in [-0.1, -0.05) is 30.0 Å². The first-order valence-corrected chi connectivity index (χ1v) is 13.1. The number of amidine groups is 2. The van der Waals surface area contributed by atoms with Crippen molar-refractivity contribution < 1.29 is 23.9 Å². The molecule has 0 radical (unpaired) electrons. The standard InChI is InChI=1S/C26H23N7O5S/c1-14-8-21(32-31-14)30-23(35)12-39-26-29-17-5-3-2-4-16(17)24-28-18(25(36)33(24)26)10-22(34)27-11-15-6-7-19-20(9-15)38-13-37-19/h2-9,18H,10-13H2,1H3,(H,27,34)(H2,30,31,32,35)/t18-/m1/s1. The number of carbonyl (C=O) groups is 3. The van der Waals surface area contributed by atoms with Gasteiger partial charge in [0.1, 0.15) is 11.9 Å². The number of H-pyrrole nitrogens is 1. The quantitative estimate of drug-likeness (QED) is 0.413. The lowest BCUT2D eigenvalue weighted by Crippen LogP contribution is -2.42. The van der Waals surface area contributed by atoms with Gasteiger partial charge in [-0.05, 0) is 36.8 Å². The topological polar surface area (TPSA) is 150 Å². The molecule has 0 saturated carbocycles. The fourth-order valence-electron chi connectivity index (χ4n) is 4.32. The highest BCUT2D eigenvalue weighted by Gasteiger charge is 2.42. The van der Waals surface area contributed by atoms with Gasteiger partial charge >= 0.3 is 0 Å². The summed E-state index contributed by atoms with van der Waals surface area (Å²) >= 11 is 1.12. The fraction of sp³-hybridized carbons (Fsp3) is 0.231. The number of fused-ring (bicyclic) bond motifs is 4. The van der Waals surface area contributed by atoms with Crippen molar-refractivity contribution in [2.24, 2.45) is 9.98 Å². The van der Waals surface area contributed by atoms with E-state index in [4.69, 9.17) is 9.47 Å². The Balaban J connectivity index is 1.13. The van der Waals surface area contributed by atoms with Crippen LogP contribution in [0.5, 0.6) is 11.5 Å². The van der Waals surface area contributed by atoms with Gasteiger partial charge in [0.2, 0.25) is 18.6 Å². The van der Waals surface area contributed by atoms with Crippen molar-refractivity contribution in [2.75, 3.05) is 17.9 Å². The number of carbonyl (C=O) groups excluding carboxylic acids is 3. The number of para-hydroxylation sites is 1. The molecule has 0 saturated heterocycles. The second-order valence-electron chi connectivity index (χ2n) is 9.00.